The molecule has 0 aromatic heterocycles. The second kappa shape index (κ2) is 5.79. The van der Waals surface area contributed by atoms with E-state index >= 15 is 0 Å². The molecule has 0 saturated heterocycles. The Kier molecular flexibility index (Phi) is 4.65. The monoisotopic (exact) mass is 255 g/mol. The first-order valence-corrected chi connectivity index (χ1v) is 5.63. The summed E-state index contributed by atoms with van der Waals surface area (Å²) in [6.45, 7) is 3.42. The first kappa shape index (κ1) is 13.7. The third kappa shape index (κ3) is 3.04. The van der Waals surface area contributed by atoms with Crippen LogP contribution in [0.5, 0.6) is 0 Å². The van der Waals surface area contributed by atoms with Crippen LogP contribution in [-0.4, -0.2) is 0 Å². The lowest BCUT2D eigenvalue weighted by Gasteiger charge is -2.06. The summed E-state index contributed by atoms with van der Waals surface area (Å²) in [7, 11) is 0. The van der Waals surface area contributed by atoms with Gasteiger partial charge >= 0.3 is 0 Å². The molecule has 1 aromatic rings. The summed E-state index contributed by atoms with van der Waals surface area (Å²) in [5.41, 5.74) is 0.697. The molecule has 0 amide bonds. The van der Waals surface area contributed by atoms with Crippen LogP contribution in [0.4, 0.5) is 8.78 Å². The summed E-state index contributed by atoms with van der Waals surface area (Å²) in [4.78, 5) is 0. The van der Waals surface area contributed by atoms with Crippen molar-refractivity contribution < 1.29 is 8.78 Å². The van der Waals surface area contributed by atoms with Crippen molar-refractivity contribution in [3.63, 3.8) is 0 Å². The van der Waals surface area contributed by atoms with E-state index in [4.69, 9.17) is 16.9 Å². The number of aryl methyl sites for hydroxylation is 1. The first-order chi connectivity index (χ1) is 8.01. The molecule has 0 heterocycles. The minimum absolute atomic E-state index is 0.0648. The highest BCUT2D eigenvalue weighted by atomic mass is 35.5. The Labute approximate surface area is 104 Å². The summed E-state index contributed by atoms with van der Waals surface area (Å²) in [6.07, 6.45) is 1.21. The van der Waals surface area contributed by atoms with Crippen LogP contribution >= 0.6 is 11.6 Å². The van der Waals surface area contributed by atoms with Crippen molar-refractivity contribution in [2.75, 3.05) is 0 Å². The van der Waals surface area contributed by atoms with E-state index in [2.05, 4.69) is 0 Å². The standard InChI is InChI=1S/C13H12ClF2N/c1-3-4-9(7-17)13(14)10-5-8(2)11(15)6-12(10)16/h5-6H,3-4H2,1-2H3/b13-9-. The molecule has 0 N–H and O–H groups in total. The average Bonchev–Trinajstić information content (AvgIpc) is 2.30. The minimum Gasteiger partial charge on any atom is -0.207 e. The van der Waals surface area contributed by atoms with E-state index in [0.717, 1.165) is 12.5 Å². The molecule has 4 heteroatoms. The van der Waals surface area contributed by atoms with Gasteiger partial charge < -0.3 is 0 Å². The van der Waals surface area contributed by atoms with Gasteiger partial charge in [-0.25, -0.2) is 8.78 Å². The van der Waals surface area contributed by atoms with Gasteiger partial charge in [0.15, 0.2) is 0 Å². The van der Waals surface area contributed by atoms with Crippen LogP contribution in [0.3, 0.4) is 0 Å². The van der Waals surface area contributed by atoms with Gasteiger partial charge in [-0.3, -0.25) is 0 Å². The molecule has 1 rings (SSSR count). The van der Waals surface area contributed by atoms with Gasteiger partial charge in [-0.2, -0.15) is 5.26 Å². The molecule has 0 atom stereocenters. The van der Waals surface area contributed by atoms with Gasteiger partial charge in [0.2, 0.25) is 0 Å². The number of nitriles is 1. The third-order valence-electron chi connectivity index (χ3n) is 2.38. The predicted molar refractivity (Wildman–Crippen MR) is 64.4 cm³/mol. The van der Waals surface area contributed by atoms with E-state index in [1.165, 1.54) is 13.0 Å². The number of halogens is 3. The van der Waals surface area contributed by atoms with Crippen molar-refractivity contribution in [3.8, 4) is 6.07 Å². The van der Waals surface area contributed by atoms with Crippen LogP contribution in [0.25, 0.3) is 5.03 Å². The molecule has 0 spiro atoms. The van der Waals surface area contributed by atoms with E-state index < -0.39 is 11.6 Å². The maximum Gasteiger partial charge on any atom is 0.134 e. The lowest BCUT2D eigenvalue weighted by Crippen LogP contribution is -1.94. The molecule has 0 unspecified atom stereocenters. The number of benzene rings is 1. The summed E-state index contributed by atoms with van der Waals surface area (Å²) in [5.74, 6) is -1.37. The molecule has 0 aliphatic rings. The first-order valence-electron chi connectivity index (χ1n) is 5.26. The van der Waals surface area contributed by atoms with Crippen LogP contribution in [0.15, 0.2) is 17.7 Å². The molecular weight excluding hydrogens is 244 g/mol. The summed E-state index contributed by atoms with van der Waals surface area (Å²) in [5, 5.41) is 8.98. The number of hydrogen-bond acceptors (Lipinski definition) is 1. The van der Waals surface area contributed by atoms with Crippen LogP contribution < -0.4 is 0 Å². The molecule has 0 radical (unpaired) electrons. The van der Waals surface area contributed by atoms with Crippen molar-refractivity contribution >= 4 is 16.6 Å². The Bertz CT molecular complexity index is 501. The van der Waals surface area contributed by atoms with Crippen molar-refractivity contribution in [2.24, 2.45) is 0 Å². The average molecular weight is 256 g/mol. The fourth-order valence-electron chi connectivity index (χ4n) is 1.45. The molecule has 90 valence electrons. The topological polar surface area (TPSA) is 23.8 Å². The number of allylic oxidation sites excluding steroid dienone is 1. The fraction of sp³-hybridized carbons (Fsp3) is 0.308. The predicted octanol–water partition coefficient (Wildman–Crippen LogP) is 4.55. The molecule has 17 heavy (non-hydrogen) atoms. The van der Waals surface area contributed by atoms with Crippen molar-refractivity contribution in [2.45, 2.75) is 26.7 Å². The zero-order chi connectivity index (χ0) is 13.0. The zero-order valence-electron chi connectivity index (χ0n) is 9.65. The smallest absolute Gasteiger partial charge is 0.134 e. The zero-order valence-corrected chi connectivity index (χ0v) is 10.4. The summed E-state index contributed by atoms with van der Waals surface area (Å²) < 4.78 is 26.6. The molecule has 1 nitrogen and oxygen atoms in total. The van der Waals surface area contributed by atoms with Crippen LogP contribution in [-0.2, 0) is 0 Å². The maximum atomic E-state index is 13.5. The van der Waals surface area contributed by atoms with Gasteiger partial charge in [-0.15, -0.1) is 0 Å². The summed E-state index contributed by atoms with van der Waals surface area (Å²) >= 11 is 5.98. The highest BCUT2D eigenvalue weighted by molar-refractivity contribution is 6.49. The Balaban J connectivity index is 3.34. The van der Waals surface area contributed by atoms with Gasteiger partial charge in [0.1, 0.15) is 11.6 Å². The van der Waals surface area contributed by atoms with Gasteiger partial charge in [-0.1, -0.05) is 24.9 Å². The molecule has 0 bridgehead atoms. The maximum absolute atomic E-state index is 13.5. The highest BCUT2D eigenvalue weighted by Gasteiger charge is 2.13. The van der Waals surface area contributed by atoms with Crippen molar-refractivity contribution in [1.82, 2.24) is 0 Å². The van der Waals surface area contributed by atoms with E-state index in [-0.39, 0.29) is 10.6 Å². The van der Waals surface area contributed by atoms with Gasteiger partial charge in [0.25, 0.3) is 0 Å². The second-order valence-electron chi connectivity index (χ2n) is 3.74. The van der Waals surface area contributed by atoms with Gasteiger partial charge in [0.05, 0.1) is 11.1 Å². The van der Waals surface area contributed by atoms with Crippen molar-refractivity contribution in [1.29, 1.82) is 5.26 Å². The van der Waals surface area contributed by atoms with Gasteiger partial charge in [0, 0.05) is 17.2 Å². The van der Waals surface area contributed by atoms with E-state index in [1.54, 1.807) is 0 Å². The lowest BCUT2D eigenvalue weighted by molar-refractivity contribution is 0.575. The quantitative estimate of drug-likeness (QED) is 0.727. The number of nitrogens with zero attached hydrogens (tertiary/aromatic N) is 1. The Morgan fingerprint density at radius 3 is 2.53 bits per heavy atom. The van der Waals surface area contributed by atoms with E-state index in [9.17, 15) is 8.78 Å². The Morgan fingerprint density at radius 2 is 2.00 bits per heavy atom. The molecule has 1 aromatic carbocycles. The van der Waals surface area contributed by atoms with Crippen LogP contribution in [0.1, 0.15) is 30.9 Å². The van der Waals surface area contributed by atoms with Crippen molar-refractivity contribution in [3.05, 3.63) is 40.5 Å². The number of hydrogen-bond donors (Lipinski definition) is 0. The van der Waals surface area contributed by atoms with Crippen LogP contribution in [0, 0.1) is 29.9 Å². The molecule has 0 aliphatic heterocycles. The normalized spacial score (nSPS) is 12.0. The number of rotatable bonds is 3. The van der Waals surface area contributed by atoms with Crippen LogP contribution in [0.2, 0.25) is 0 Å². The minimum atomic E-state index is -0.748. The second-order valence-corrected chi connectivity index (χ2v) is 4.11. The molecular formula is C13H12ClF2N. The fourth-order valence-corrected chi connectivity index (χ4v) is 1.73. The van der Waals surface area contributed by atoms with Gasteiger partial charge in [-0.05, 0) is 25.0 Å². The largest absolute Gasteiger partial charge is 0.207 e. The Morgan fingerprint density at radius 1 is 1.35 bits per heavy atom. The highest BCUT2D eigenvalue weighted by Crippen LogP contribution is 2.29. The molecule has 0 saturated carbocycles. The molecule has 0 fully saturated rings. The van der Waals surface area contributed by atoms with E-state index in [0.29, 0.717) is 17.6 Å². The Hall–Kier alpha value is -1.40. The lowest BCUT2D eigenvalue weighted by atomic mass is 10.0. The molecule has 0 aliphatic carbocycles. The SMILES string of the molecule is CCC/C(C#N)=C(/Cl)c1cc(C)c(F)cc1F. The van der Waals surface area contributed by atoms with E-state index in [1.807, 2.05) is 13.0 Å². The third-order valence-corrected chi connectivity index (χ3v) is 2.82. The summed E-state index contributed by atoms with van der Waals surface area (Å²) in [6, 6.07) is 4.05.